The fourth-order valence-corrected chi connectivity index (χ4v) is 1.42. The fourth-order valence-electron chi connectivity index (χ4n) is 1.42. The topological polar surface area (TPSA) is 63.8 Å². The number of nitrogen functional groups attached to an aromatic ring is 1. The van der Waals surface area contributed by atoms with E-state index in [0.717, 1.165) is 11.3 Å². The van der Waals surface area contributed by atoms with Crippen LogP contribution in [0, 0.1) is 0 Å². The standard InChI is InChI=1S/C11H12N4/c1-13-11-9(12)10(14-7-15-11)8-5-3-2-4-6-8/h2-7H,12H2,1H3,(H,13,14,15). The van der Waals surface area contributed by atoms with Crippen molar-refractivity contribution in [2.45, 2.75) is 0 Å². The van der Waals surface area contributed by atoms with Gasteiger partial charge in [-0.3, -0.25) is 0 Å². The summed E-state index contributed by atoms with van der Waals surface area (Å²) in [5.74, 6) is 0.656. The summed E-state index contributed by atoms with van der Waals surface area (Å²) in [7, 11) is 1.79. The minimum absolute atomic E-state index is 0.575. The molecule has 0 aliphatic rings. The van der Waals surface area contributed by atoms with Crippen LogP contribution in [0.5, 0.6) is 0 Å². The van der Waals surface area contributed by atoms with Crippen LogP contribution in [0.4, 0.5) is 11.5 Å². The third-order valence-electron chi connectivity index (χ3n) is 2.17. The minimum Gasteiger partial charge on any atom is -0.394 e. The lowest BCUT2D eigenvalue weighted by molar-refractivity contribution is 1.17. The van der Waals surface area contributed by atoms with E-state index in [0.29, 0.717) is 11.5 Å². The Kier molecular flexibility index (Phi) is 2.49. The van der Waals surface area contributed by atoms with Gasteiger partial charge >= 0.3 is 0 Å². The van der Waals surface area contributed by atoms with E-state index in [9.17, 15) is 0 Å². The first-order chi connectivity index (χ1) is 7.33. The number of benzene rings is 1. The number of aromatic nitrogens is 2. The number of hydrogen-bond acceptors (Lipinski definition) is 4. The zero-order valence-electron chi connectivity index (χ0n) is 8.44. The summed E-state index contributed by atoms with van der Waals surface area (Å²) >= 11 is 0. The van der Waals surface area contributed by atoms with Crippen LogP contribution in [0.2, 0.25) is 0 Å². The second-order valence-corrected chi connectivity index (χ2v) is 3.10. The van der Waals surface area contributed by atoms with Gasteiger partial charge in [0, 0.05) is 12.6 Å². The number of anilines is 2. The Labute approximate surface area is 88.2 Å². The van der Waals surface area contributed by atoms with E-state index >= 15 is 0 Å². The van der Waals surface area contributed by atoms with Crippen LogP contribution in [0.1, 0.15) is 0 Å². The van der Waals surface area contributed by atoms with Crippen molar-refractivity contribution in [3.05, 3.63) is 36.7 Å². The van der Waals surface area contributed by atoms with Crippen LogP contribution in [-0.2, 0) is 0 Å². The van der Waals surface area contributed by atoms with E-state index < -0.39 is 0 Å². The molecule has 0 spiro atoms. The molecular weight excluding hydrogens is 188 g/mol. The third-order valence-corrected chi connectivity index (χ3v) is 2.17. The molecule has 15 heavy (non-hydrogen) atoms. The highest BCUT2D eigenvalue weighted by Gasteiger charge is 2.07. The normalized spacial score (nSPS) is 9.93. The molecule has 1 aromatic carbocycles. The molecule has 0 fully saturated rings. The summed E-state index contributed by atoms with van der Waals surface area (Å²) in [6.45, 7) is 0. The van der Waals surface area contributed by atoms with Gasteiger partial charge in [-0.15, -0.1) is 0 Å². The SMILES string of the molecule is CNc1ncnc(-c2ccccc2)c1N. The largest absolute Gasteiger partial charge is 0.394 e. The molecule has 0 radical (unpaired) electrons. The monoisotopic (exact) mass is 200 g/mol. The number of nitrogens with zero attached hydrogens (tertiary/aromatic N) is 2. The van der Waals surface area contributed by atoms with E-state index in [-0.39, 0.29) is 0 Å². The van der Waals surface area contributed by atoms with Gasteiger partial charge in [0.25, 0.3) is 0 Å². The number of hydrogen-bond donors (Lipinski definition) is 2. The van der Waals surface area contributed by atoms with E-state index in [1.54, 1.807) is 7.05 Å². The highest BCUT2D eigenvalue weighted by atomic mass is 15.0. The lowest BCUT2D eigenvalue weighted by atomic mass is 10.1. The highest BCUT2D eigenvalue weighted by Crippen LogP contribution is 2.26. The maximum atomic E-state index is 5.94. The molecule has 0 saturated carbocycles. The van der Waals surface area contributed by atoms with Gasteiger partial charge in [0.2, 0.25) is 0 Å². The molecule has 76 valence electrons. The van der Waals surface area contributed by atoms with Crippen LogP contribution in [0.15, 0.2) is 36.7 Å². The molecule has 0 aliphatic carbocycles. The van der Waals surface area contributed by atoms with Gasteiger partial charge in [-0.2, -0.15) is 0 Å². The van der Waals surface area contributed by atoms with Crippen LogP contribution in [0.3, 0.4) is 0 Å². The van der Waals surface area contributed by atoms with Crippen molar-refractivity contribution in [2.24, 2.45) is 0 Å². The zero-order chi connectivity index (χ0) is 10.7. The Balaban J connectivity index is 2.54. The number of rotatable bonds is 2. The predicted octanol–water partition coefficient (Wildman–Crippen LogP) is 1.77. The fraction of sp³-hybridized carbons (Fsp3) is 0.0909. The van der Waals surface area contributed by atoms with E-state index in [2.05, 4.69) is 15.3 Å². The van der Waals surface area contributed by atoms with Crippen LogP contribution >= 0.6 is 0 Å². The molecular formula is C11H12N4. The highest BCUT2D eigenvalue weighted by molar-refractivity contribution is 5.79. The molecule has 1 heterocycles. The van der Waals surface area contributed by atoms with Crippen LogP contribution in [-0.4, -0.2) is 17.0 Å². The molecule has 2 aromatic rings. The van der Waals surface area contributed by atoms with Gasteiger partial charge in [0.1, 0.15) is 12.0 Å². The molecule has 2 rings (SSSR count). The number of nitrogens with two attached hydrogens (primary N) is 1. The zero-order valence-corrected chi connectivity index (χ0v) is 8.44. The first-order valence-corrected chi connectivity index (χ1v) is 4.66. The Hall–Kier alpha value is -2.10. The van der Waals surface area contributed by atoms with Crippen molar-refractivity contribution >= 4 is 11.5 Å². The van der Waals surface area contributed by atoms with Gasteiger partial charge in [0.15, 0.2) is 5.82 Å². The molecule has 0 unspecified atom stereocenters. The van der Waals surface area contributed by atoms with Crippen molar-refractivity contribution < 1.29 is 0 Å². The lowest BCUT2D eigenvalue weighted by Gasteiger charge is -2.08. The Morgan fingerprint density at radius 3 is 2.53 bits per heavy atom. The molecule has 1 aromatic heterocycles. The van der Waals surface area contributed by atoms with E-state index in [4.69, 9.17) is 5.73 Å². The summed E-state index contributed by atoms with van der Waals surface area (Å²) in [6, 6.07) is 9.81. The summed E-state index contributed by atoms with van der Waals surface area (Å²) in [6.07, 6.45) is 1.50. The minimum atomic E-state index is 0.575. The van der Waals surface area contributed by atoms with Gasteiger partial charge in [-0.25, -0.2) is 9.97 Å². The summed E-state index contributed by atoms with van der Waals surface area (Å²) < 4.78 is 0. The molecule has 4 nitrogen and oxygen atoms in total. The number of nitrogens with one attached hydrogen (secondary N) is 1. The Bertz CT molecular complexity index is 453. The summed E-state index contributed by atoms with van der Waals surface area (Å²) in [4.78, 5) is 8.22. The quantitative estimate of drug-likeness (QED) is 0.775. The van der Waals surface area contributed by atoms with Crippen molar-refractivity contribution in [1.82, 2.24) is 9.97 Å². The summed E-state index contributed by atoms with van der Waals surface area (Å²) in [5, 5.41) is 2.93. The third kappa shape index (κ3) is 1.74. The molecule has 0 aliphatic heterocycles. The first kappa shape index (κ1) is 9.45. The van der Waals surface area contributed by atoms with Crippen LogP contribution in [0.25, 0.3) is 11.3 Å². The van der Waals surface area contributed by atoms with Gasteiger partial charge in [-0.1, -0.05) is 30.3 Å². The average Bonchev–Trinajstić information content (AvgIpc) is 2.30. The van der Waals surface area contributed by atoms with Crippen molar-refractivity contribution in [3.63, 3.8) is 0 Å². The van der Waals surface area contributed by atoms with Crippen molar-refractivity contribution in [1.29, 1.82) is 0 Å². The molecule has 0 saturated heterocycles. The van der Waals surface area contributed by atoms with E-state index in [1.807, 2.05) is 30.3 Å². The maximum Gasteiger partial charge on any atom is 0.153 e. The van der Waals surface area contributed by atoms with Crippen LogP contribution < -0.4 is 11.1 Å². The Morgan fingerprint density at radius 1 is 1.13 bits per heavy atom. The van der Waals surface area contributed by atoms with E-state index in [1.165, 1.54) is 6.33 Å². The Morgan fingerprint density at radius 2 is 1.87 bits per heavy atom. The molecule has 0 atom stereocenters. The van der Waals surface area contributed by atoms with Crippen molar-refractivity contribution in [3.8, 4) is 11.3 Å². The van der Waals surface area contributed by atoms with Gasteiger partial charge in [0.05, 0.1) is 5.69 Å². The summed E-state index contributed by atoms with van der Waals surface area (Å²) in [5.41, 5.74) is 8.27. The smallest absolute Gasteiger partial charge is 0.153 e. The average molecular weight is 200 g/mol. The second-order valence-electron chi connectivity index (χ2n) is 3.10. The maximum absolute atomic E-state index is 5.94. The molecule has 0 amide bonds. The van der Waals surface area contributed by atoms with Gasteiger partial charge < -0.3 is 11.1 Å². The molecule has 3 N–H and O–H groups in total. The second kappa shape index (κ2) is 3.96. The lowest BCUT2D eigenvalue weighted by Crippen LogP contribution is -2.02. The van der Waals surface area contributed by atoms with Crippen molar-refractivity contribution in [2.75, 3.05) is 18.1 Å². The van der Waals surface area contributed by atoms with Gasteiger partial charge in [-0.05, 0) is 0 Å². The predicted molar refractivity (Wildman–Crippen MR) is 61.4 cm³/mol. The molecule has 4 heteroatoms. The first-order valence-electron chi connectivity index (χ1n) is 4.66. The molecule has 0 bridgehead atoms.